The number of hydrogen-bond donors (Lipinski definition) is 4. The van der Waals surface area contributed by atoms with Crippen LogP contribution in [0.5, 0.6) is 11.5 Å². The third-order valence-corrected chi connectivity index (χ3v) is 8.78. The van der Waals surface area contributed by atoms with E-state index >= 15 is 0 Å². The first kappa shape index (κ1) is 22.6. The van der Waals surface area contributed by atoms with Crippen molar-refractivity contribution in [3.63, 3.8) is 0 Å². The van der Waals surface area contributed by atoms with E-state index in [0.29, 0.717) is 11.8 Å². The minimum atomic E-state index is -1.56. The highest BCUT2D eigenvalue weighted by Crippen LogP contribution is 2.62. The van der Waals surface area contributed by atoms with Crippen molar-refractivity contribution in [2.45, 2.75) is 74.1 Å². The van der Waals surface area contributed by atoms with Crippen LogP contribution in [0.3, 0.4) is 0 Å². The van der Waals surface area contributed by atoms with Crippen molar-refractivity contribution in [1.82, 2.24) is 15.1 Å². The molecule has 7 rings (SSSR count). The Morgan fingerprint density at radius 2 is 1.94 bits per heavy atom. The third kappa shape index (κ3) is 2.89. The van der Waals surface area contributed by atoms with E-state index < -0.39 is 42.9 Å². The van der Waals surface area contributed by atoms with Crippen LogP contribution in [0.25, 0.3) is 0 Å². The summed E-state index contributed by atoms with van der Waals surface area (Å²) in [6, 6.07) is 3.97. The fourth-order valence-electron chi connectivity index (χ4n) is 7.08. The lowest BCUT2D eigenvalue weighted by Gasteiger charge is -2.57. The normalized spacial score (nSPS) is 42.8. The number of likely N-dealkylation sites (N-methyl/N-ethyl adjacent to an activating group) is 1. The quantitative estimate of drug-likeness (QED) is 0.426. The number of nitrogens with zero attached hydrogens (tertiary/aromatic N) is 3. The summed E-state index contributed by atoms with van der Waals surface area (Å²) in [5.74, 6) is 1.05. The summed E-state index contributed by atoms with van der Waals surface area (Å²) < 4.78 is 24.1. The lowest BCUT2D eigenvalue weighted by molar-refractivity contribution is -0.316. The number of aliphatic hydroxyl groups is 3. The first-order chi connectivity index (χ1) is 17.3. The number of aromatic nitrogens is 2. The third-order valence-electron chi connectivity index (χ3n) is 8.78. The monoisotopic (exact) mass is 499 g/mol. The summed E-state index contributed by atoms with van der Waals surface area (Å²) in [5, 5.41) is 50.2. The molecular weight excluding hydrogens is 470 g/mol. The van der Waals surface area contributed by atoms with Crippen molar-refractivity contribution >= 4 is 0 Å². The van der Waals surface area contributed by atoms with Crippen molar-refractivity contribution in [2.75, 3.05) is 13.6 Å². The van der Waals surface area contributed by atoms with Gasteiger partial charge in [-0.2, -0.15) is 0 Å². The predicted octanol–water partition coefficient (Wildman–Crippen LogP) is 0.0941. The summed E-state index contributed by atoms with van der Waals surface area (Å²) in [7, 11) is 2.14. The smallest absolute Gasteiger partial charge is 0.248 e. The topological polar surface area (TPSA) is 151 Å². The molecule has 2 aliphatic carbocycles. The molecule has 0 saturated carbocycles. The van der Waals surface area contributed by atoms with E-state index in [4.69, 9.17) is 18.6 Å². The minimum absolute atomic E-state index is 0.0121. The lowest BCUT2D eigenvalue weighted by atomic mass is 9.53. The van der Waals surface area contributed by atoms with Crippen LogP contribution in [0.4, 0.5) is 0 Å². The Kier molecular flexibility index (Phi) is 4.86. The zero-order valence-corrected chi connectivity index (χ0v) is 19.9. The zero-order valence-electron chi connectivity index (χ0n) is 19.9. The maximum Gasteiger partial charge on any atom is 0.248 e. The molecule has 10 atom stereocenters. The average Bonchev–Trinajstić information content (AvgIpc) is 3.45. The molecule has 11 heteroatoms. The van der Waals surface area contributed by atoms with Crippen LogP contribution >= 0.6 is 0 Å². The van der Waals surface area contributed by atoms with Crippen molar-refractivity contribution < 1.29 is 39.1 Å². The summed E-state index contributed by atoms with van der Waals surface area (Å²) in [6.45, 7) is 2.48. The minimum Gasteiger partial charge on any atom is -0.504 e. The molecule has 11 nitrogen and oxygen atoms in total. The molecule has 192 valence electrons. The molecule has 5 aliphatic rings. The zero-order chi connectivity index (χ0) is 24.9. The SMILES string of the molecule is Cc1nnc([C@H]2O[C@@H](O[C@H]3C=C[C@H]4[C@H]5Cc6ccc(O)c7c6[C@@]4(CCN5C)[C@H]3O7)[C@H](O)[C@@H](O)[C@@H]2O)o1. The Hall–Kier alpha value is -2.54. The van der Waals surface area contributed by atoms with Crippen LogP contribution in [0, 0.1) is 12.8 Å². The molecule has 36 heavy (non-hydrogen) atoms. The van der Waals surface area contributed by atoms with E-state index in [2.05, 4.69) is 28.2 Å². The van der Waals surface area contributed by atoms with Gasteiger partial charge in [0.2, 0.25) is 11.8 Å². The lowest BCUT2D eigenvalue weighted by Crippen LogP contribution is -2.66. The maximum atomic E-state index is 10.7. The van der Waals surface area contributed by atoms with E-state index in [1.165, 1.54) is 5.56 Å². The van der Waals surface area contributed by atoms with Gasteiger partial charge in [0.1, 0.15) is 30.5 Å². The fourth-order valence-corrected chi connectivity index (χ4v) is 7.08. The molecule has 0 unspecified atom stereocenters. The van der Waals surface area contributed by atoms with Crippen LogP contribution in [0.2, 0.25) is 0 Å². The number of piperidine rings is 1. The number of rotatable bonds is 3. The van der Waals surface area contributed by atoms with E-state index in [1.54, 1.807) is 13.0 Å². The van der Waals surface area contributed by atoms with Gasteiger partial charge >= 0.3 is 0 Å². The number of phenols is 1. The van der Waals surface area contributed by atoms with Crippen molar-refractivity contribution in [3.05, 3.63) is 47.2 Å². The van der Waals surface area contributed by atoms with Crippen LogP contribution in [0.1, 0.15) is 35.4 Å². The van der Waals surface area contributed by atoms with Crippen LogP contribution in [-0.4, -0.2) is 92.0 Å². The van der Waals surface area contributed by atoms with Crippen molar-refractivity contribution in [3.8, 4) is 11.5 Å². The fraction of sp³-hybridized carbons (Fsp3) is 0.600. The standard InChI is InChI=1S/C25H29N3O8/c1-10-26-27-23(33-10)21-18(31)17(30)19(32)24(36-21)34-15-6-4-12-13-9-11-3-5-14(29)20-16(11)25(12,22(15)35-20)7-8-28(13)2/h3-6,12-13,15,17-19,21-22,24,29-32H,7-9H2,1-2H3/t12-,13+,15-,17-,18-,19+,21-,22-,24+,25-/m0/s1. The van der Waals surface area contributed by atoms with Gasteiger partial charge in [-0.05, 0) is 38.1 Å². The van der Waals surface area contributed by atoms with Gasteiger partial charge < -0.3 is 44.0 Å². The number of aliphatic hydroxyl groups excluding tert-OH is 3. The first-order valence-electron chi connectivity index (χ1n) is 12.4. The molecule has 2 bridgehead atoms. The van der Waals surface area contributed by atoms with Gasteiger partial charge in [0.05, 0.1) is 0 Å². The average molecular weight is 500 g/mol. The van der Waals surface area contributed by atoms with Gasteiger partial charge in [0, 0.05) is 29.9 Å². The summed E-state index contributed by atoms with van der Waals surface area (Å²) >= 11 is 0. The highest BCUT2D eigenvalue weighted by molar-refractivity contribution is 5.61. The highest BCUT2D eigenvalue weighted by Gasteiger charge is 2.65. The van der Waals surface area contributed by atoms with Gasteiger partial charge in [-0.3, -0.25) is 0 Å². The van der Waals surface area contributed by atoms with E-state index in [9.17, 15) is 20.4 Å². The van der Waals surface area contributed by atoms with Crippen molar-refractivity contribution in [2.24, 2.45) is 5.92 Å². The molecule has 0 radical (unpaired) electrons. The number of phenolic OH excluding ortho intramolecular Hbond substituents is 1. The predicted molar refractivity (Wildman–Crippen MR) is 121 cm³/mol. The Balaban J connectivity index is 1.24. The maximum absolute atomic E-state index is 10.7. The molecular formula is C25H29N3O8. The molecule has 2 aromatic rings. The Morgan fingerprint density at radius 3 is 2.72 bits per heavy atom. The molecule has 1 aromatic heterocycles. The van der Waals surface area contributed by atoms with Crippen LogP contribution < -0.4 is 4.74 Å². The van der Waals surface area contributed by atoms with E-state index in [-0.39, 0.29) is 28.9 Å². The van der Waals surface area contributed by atoms with Crippen molar-refractivity contribution in [1.29, 1.82) is 0 Å². The molecule has 0 amide bonds. The molecule has 2 saturated heterocycles. The Morgan fingerprint density at radius 1 is 1.11 bits per heavy atom. The first-order valence-corrected chi connectivity index (χ1v) is 12.4. The number of benzene rings is 1. The second-order valence-corrected chi connectivity index (χ2v) is 10.6. The number of likely N-dealkylation sites (tertiary alicyclic amines) is 1. The van der Waals surface area contributed by atoms with Gasteiger partial charge in [0.15, 0.2) is 23.9 Å². The van der Waals surface area contributed by atoms with Crippen LogP contribution in [0.15, 0.2) is 28.7 Å². The second-order valence-electron chi connectivity index (χ2n) is 10.6. The van der Waals surface area contributed by atoms with E-state index in [0.717, 1.165) is 24.9 Å². The Bertz CT molecular complexity index is 1230. The van der Waals surface area contributed by atoms with E-state index in [1.807, 2.05) is 12.1 Å². The largest absolute Gasteiger partial charge is 0.504 e. The number of ether oxygens (including phenoxy) is 3. The summed E-state index contributed by atoms with van der Waals surface area (Å²) in [6.07, 6.45) is -2.36. The molecule has 4 heterocycles. The Labute approximate surface area is 206 Å². The number of hydrogen-bond acceptors (Lipinski definition) is 11. The van der Waals surface area contributed by atoms with Gasteiger partial charge in [-0.15, -0.1) is 10.2 Å². The van der Waals surface area contributed by atoms with Gasteiger partial charge in [0.25, 0.3) is 0 Å². The number of aryl methyl sites for hydroxylation is 1. The van der Waals surface area contributed by atoms with Gasteiger partial charge in [-0.25, -0.2) is 0 Å². The number of aromatic hydroxyl groups is 1. The molecule has 1 aromatic carbocycles. The molecule has 4 N–H and O–H groups in total. The molecule has 2 fully saturated rings. The van der Waals surface area contributed by atoms with Crippen LogP contribution in [-0.2, 0) is 21.3 Å². The van der Waals surface area contributed by atoms with Gasteiger partial charge in [-0.1, -0.05) is 18.2 Å². The molecule has 1 spiro atoms. The molecule has 3 aliphatic heterocycles. The second kappa shape index (κ2) is 7.73. The summed E-state index contributed by atoms with van der Waals surface area (Å²) in [5.41, 5.74) is 1.84. The highest BCUT2D eigenvalue weighted by atomic mass is 16.7. The summed E-state index contributed by atoms with van der Waals surface area (Å²) in [4.78, 5) is 2.38.